The van der Waals surface area contributed by atoms with Gasteiger partial charge < -0.3 is 5.11 Å². The van der Waals surface area contributed by atoms with Gasteiger partial charge in [0.1, 0.15) is 0 Å². The van der Waals surface area contributed by atoms with Crippen molar-refractivity contribution in [2.75, 3.05) is 0 Å². The number of urea groups is 1. The maximum atomic E-state index is 9.70. The zero-order chi connectivity index (χ0) is 8.15. The second kappa shape index (κ2) is 3.71. The first kappa shape index (κ1) is 8.74. The number of carbonyl (C=O) groups is 2. The van der Waals surface area contributed by atoms with Crippen LogP contribution < -0.4 is 10.9 Å². The second-order valence-corrected chi connectivity index (χ2v) is 2.07. The van der Waals surface area contributed by atoms with E-state index in [1.807, 2.05) is 0 Å². The molecule has 5 nitrogen and oxygen atoms in total. The summed E-state index contributed by atoms with van der Waals surface area (Å²) in [6, 6.07) is -0.0833. The maximum absolute atomic E-state index is 9.70. The van der Waals surface area contributed by atoms with E-state index < -0.39 is 5.97 Å². The van der Waals surface area contributed by atoms with E-state index in [4.69, 9.17) is 5.11 Å². The Labute approximate surface area is 58.4 Å². The molecule has 3 N–H and O–H groups in total. The molecule has 2 amide bonds. The summed E-state index contributed by atoms with van der Waals surface area (Å²) in [5.74, 6) is -0.972. The molecule has 58 valence electrons. The van der Waals surface area contributed by atoms with E-state index in [1.54, 1.807) is 13.8 Å². The van der Waals surface area contributed by atoms with Gasteiger partial charge in [-0.1, -0.05) is 13.8 Å². The van der Waals surface area contributed by atoms with E-state index in [0.717, 1.165) is 0 Å². The first-order valence-corrected chi connectivity index (χ1v) is 2.83. The molecule has 1 rings (SSSR count). The van der Waals surface area contributed by atoms with Crippen LogP contribution in [-0.2, 0) is 4.79 Å². The van der Waals surface area contributed by atoms with Gasteiger partial charge in [0, 0.05) is 0 Å². The van der Waals surface area contributed by atoms with Gasteiger partial charge in [-0.3, -0.25) is 4.79 Å². The number of amides is 2. The number of carboxylic acid groups (broad SMARTS) is 1. The van der Waals surface area contributed by atoms with Crippen LogP contribution in [-0.4, -0.2) is 17.1 Å². The molecule has 0 saturated carbocycles. The smallest absolute Gasteiger partial charge is 0.352 e. The van der Waals surface area contributed by atoms with Gasteiger partial charge in [0.15, 0.2) is 0 Å². The molecule has 1 aliphatic heterocycles. The van der Waals surface area contributed by atoms with Gasteiger partial charge >= 0.3 is 12.0 Å². The maximum Gasteiger partial charge on any atom is 0.352 e. The Morgan fingerprint density at radius 2 is 1.70 bits per heavy atom. The van der Waals surface area contributed by atoms with E-state index in [1.165, 1.54) is 0 Å². The molecular formula is C5H10N2O3. The van der Waals surface area contributed by atoms with Crippen molar-refractivity contribution in [1.29, 1.82) is 0 Å². The number of nitrogens with one attached hydrogen (secondary N) is 2. The molecule has 0 atom stereocenters. The molecule has 1 saturated heterocycles. The number of hydrogen-bond acceptors (Lipinski definition) is 2. The number of carboxylic acids is 1. The van der Waals surface area contributed by atoms with E-state index in [0.29, 0.717) is 0 Å². The van der Waals surface area contributed by atoms with E-state index >= 15 is 0 Å². The Bertz CT molecular complexity index is 138. The number of aliphatic carboxylic acids is 1. The largest absolute Gasteiger partial charge is 0.481 e. The second-order valence-electron chi connectivity index (χ2n) is 2.07. The van der Waals surface area contributed by atoms with Crippen molar-refractivity contribution in [1.82, 2.24) is 10.9 Å². The topological polar surface area (TPSA) is 98.2 Å². The average Bonchev–Trinajstić information content (AvgIpc) is 2.52. The summed E-state index contributed by atoms with van der Waals surface area (Å²) in [7, 11) is 0. The predicted molar refractivity (Wildman–Crippen MR) is 34.1 cm³/mol. The van der Waals surface area contributed by atoms with Crippen LogP contribution in [0.3, 0.4) is 0 Å². The SMILES string of the molecule is CC(C)C(=O)O.O=C1NN1. The van der Waals surface area contributed by atoms with E-state index in [2.05, 4.69) is 10.9 Å². The van der Waals surface area contributed by atoms with E-state index in [-0.39, 0.29) is 11.9 Å². The van der Waals surface area contributed by atoms with Crippen molar-refractivity contribution >= 4 is 12.0 Å². The molecule has 0 spiro atoms. The van der Waals surface area contributed by atoms with Crippen molar-refractivity contribution in [2.24, 2.45) is 5.92 Å². The molecule has 1 fully saturated rings. The van der Waals surface area contributed by atoms with Crippen LogP contribution in [0.4, 0.5) is 4.79 Å². The third-order valence-electron chi connectivity index (χ3n) is 0.721. The Morgan fingerprint density at radius 3 is 1.70 bits per heavy atom. The number of hydrogen-bond donors (Lipinski definition) is 3. The van der Waals surface area contributed by atoms with Gasteiger partial charge in [0.2, 0.25) is 0 Å². The molecule has 0 aromatic carbocycles. The molecule has 0 aromatic rings. The minimum Gasteiger partial charge on any atom is -0.481 e. The summed E-state index contributed by atoms with van der Waals surface area (Å²) in [5, 5.41) is 7.99. The molecule has 0 unspecified atom stereocenters. The lowest BCUT2D eigenvalue weighted by molar-refractivity contribution is -0.140. The summed E-state index contributed by atoms with van der Waals surface area (Å²) in [6.07, 6.45) is 0. The highest BCUT2D eigenvalue weighted by Gasteiger charge is 2.08. The standard InChI is InChI=1S/C4H8O2.CH2N2O/c1-3(2)4(5)6;4-1-2-3-1/h3H,1-2H3,(H,5,6);(H2,2,3,4). The fourth-order valence-corrected chi connectivity index (χ4v) is 0.0255. The van der Waals surface area contributed by atoms with E-state index in [9.17, 15) is 9.59 Å². The van der Waals surface area contributed by atoms with Gasteiger partial charge in [-0.25, -0.2) is 15.6 Å². The van der Waals surface area contributed by atoms with Gasteiger partial charge in [0.25, 0.3) is 0 Å². The predicted octanol–water partition coefficient (Wildman–Crippen LogP) is -0.0588. The fourth-order valence-electron chi connectivity index (χ4n) is 0.0255. The lowest BCUT2D eigenvalue weighted by Gasteiger charge is -1.89. The van der Waals surface area contributed by atoms with Crippen LogP contribution in [0.5, 0.6) is 0 Å². The van der Waals surface area contributed by atoms with Crippen molar-refractivity contribution in [3.05, 3.63) is 0 Å². The molecular weight excluding hydrogens is 136 g/mol. The third-order valence-corrected chi connectivity index (χ3v) is 0.721. The van der Waals surface area contributed by atoms with Crippen molar-refractivity contribution in [2.45, 2.75) is 13.8 Å². The number of rotatable bonds is 1. The van der Waals surface area contributed by atoms with Gasteiger partial charge in [-0.15, -0.1) is 0 Å². The highest BCUT2D eigenvalue weighted by atomic mass is 16.4. The normalized spacial score (nSPS) is 12.5. The summed E-state index contributed by atoms with van der Waals surface area (Å²) >= 11 is 0. The lowest BCUT2D eigenvalue weighted by atomic mass is 10.2. The summed E-state index contributed by atoms with van der Waals surface area (Å²) in [6.45, 7) is 3.28. The summed E-state index contributed by atoms with van der Waals surface area (Å²) in [4.78, 5) is 19.0. The minimum absolute atomic E-state index is 0.0833. The van der Waals surface area contributed by atoms with Gasteiger partial charge in [0.05, 0.1) is 5.92 Å². The van der Waals surface area contributed by atoms with Crippen LogP contribution >= 0.6 is 0 Å². The average molecular weight is 146 g/mol. The van der Waals surface area contributed by atoms with Crippen molar-refractivity contribution in [3.63, 3.8) is 0 Å². The van der Waals surface area contributed by atoms with Crippen LogP contribution in [0.15, 0.2) is 0 Å². The molecule has 0 aliphatic carbocycles. The Hall–Kier alpha value is -1.26. The molecule has 10 heavy (non-hydrogen) atoms. The molecule has 1 aliphatic rings. The van der Waals surface area contributed by atoms with Crippen molar-refractivity contribution in [3.8, 4) is 0 Å². The lowest BCUT2D eigenvalue weighted by Crippen LogP contribution is -2.03. The highest BCUT2D eigenvalue weighted by molar-refractivity contribution is 5.85. The van der Waals surface area contributed by atoms with Crippen molar-refractivity contribution < 1.29 is 14.7 Å². The molecule has 1 heterocycles. The zero-order valence-corrected chi connectivity index (χ0v) is 5.84. The quantitative estimate of drug-likeness (QED) is 0.452. The van der Waals surface area contributed by atoms with Crippen LogP contribution in [0.2, 0.25) is 0 Å². The molecule has 0 radical (unpaired) electrons. The van der Waals surface area contributed by atoms with Crippen LogP contribution in [0, 0.1) is 5.92 Å². The molecule has 0 aromatic heterocycles. The number of hydrazine groups is 1. The van der Waals surface area contributed by atoms with Crippen LogP contribution in [0.1, 0.15) is 13.8 Å². The summed E-state index contributed by atoms with van der Waals surface area (Å²) < 4.78 is 0. The fraction of sp³-hybridized carbons (Fsp3) is 0.600. The number of carbonyl (C=O) groups excluding carboxylic acids is 1. The Balaban J connectivity index is 0.000000172. The Morgan fingerprint density at radius 1 is 1.50 bits per heavy atom. The molecule has 0 bridgehead atoms. The Kier molecular flexibility index (Phi) is 3.24. The molecule has 5 heteroatoms. The first-order valence-electron chi connectivity index (χ1n) is 2.83. The van der Waals surface area contributed by atoms with Gasteiger partial charge in [-0.2, -0.15) is 0 Å². The van der Waals surface area contributed by atoms with Gasteiger partial charge in [-0.05, 0) is 0 Å². The zero-order valence-electron chi connectivity index (χ0n) is 5.84. The summed E-state index contributed by atoms with van der Waals surface area (Å²) in [5.41, 5.74) is 4.42. The third kappa shape index (κ3) is 6.74. The highest BCUT2D eigenvalue weighted by Crippen LogP contribution is 1.87. The monoisotopic (exact) mass is 146 g/mol. The first-order chi connectivity index (χ1) is 4.54. The minimum atomic E-state index is -0.741. The van der Waals surface area contributed by atoms with Crippen LogP contribution in [0.25, 0.3) is 0 Å².